The van der Waals surface area contributed by atoms with Gasteiger partial charge in [-0.05, 0) is 35.4 Å². The van der Waals surface area contributed by atoms with Crippen molar-refractivity contribution >= 4 is 17.4 Å². The molecule has 0 aromatic carbocycles. The number of nitriles is 1. The second kappa shape index (κ2) is 3.19. The van der Waals surface area contributed by atoms with Crippen LogP contribution in [0, 0.1) is 11.3 Å². The van der Waals surface area contributed by atoms with E-state index in [2.05, 4.69) is 6.07 Å². The molecule has 0 fully saturated rings. The summed E-state index contributed by atoms with van der Waals surface area (Å²) in [5, 5.41) is 12.4. The van der Waals surface area contributed by atoms with Crippen molar-refractivity contribution in [3.05, 3.63) is 28.0 Å². The first-order valence-corrected chi connectivity index (χ1v) is 3.88. The van der Waals surface area contributed by atoms with Crippen molar-refractivity contribution in [1.82, 2.24) is 0 Å². The van der Waals surface area contributed by atoms with E-state index in [1.807, 2.05) is 22.9 Å². The van der Waals surface area contributed by atoms with Gasteiger partial charge in [0.05, 0.1) is 6.07 Å². The summed E-state index contributed by atoms with van der Waals surface area (Å²) in [4.78, 5) is 0. The molecule has 0 radical (unpaired) electrons. The summed E-state index contributed by atoms with van der Waals surface area (Å²) in [5.41, 5.74) is 1.86. The second-order valence-electron chi connectivity index (χ2n) is 2.00. The Morgan fingerprint density at radius 2 is 2.60 bits per heavy atom. The minimum absolute atomic E-state index is 0.749. The molecule has 0 saturated carbocycles. The molecule has 2 heteroatoms. The van der Waals surface area contributed by atoms with Crippen LogP contribution in [-0.4, -0.2) is 0 Å². The lowest BCUT2D eigenvalue weighted by Crippen LogP contribution is -1.66. The van der Waals surface area contributed by atoms with Gasteiger partial charge >= 0.3 is 0 Å². The lowest BCUT2D eigenvalue weighted by atomic mass is 10.2. The van der Waals surface area contributed by atoms with E-state index < -0.39 is 0 Å². The lowest BCUT2D eigenvalue weighted by molar-refractivity contribution is 1.46. The summed E-state index contributed by atoms with van der Waals surface area (Å²) in [5.74, 6) is 0. The third kappa shape index (κ3) is 1.71. The molecule has 10 heavy (non-hydrogen) atoms. The molecule has 0 aliphatic carbocycles. The van der Waals surface area contributed by atoms with E-state index in [9.17, 15) is 0 Å². The van der Waals surface area contributed by atoms with Crippen molar-refractivity contribution in [2.45, 2.75) is 6.92 Å². The number of thiophene rings is 1. The third-order valence-corrected chi connectivity index (χ3v) is 1.80. The van der Waals surface area contributed by atoms with Gasteiger partial charge in [-0.1, -0.05) is 0 Å². The Hall–Kier alpha value is -1.07. The fraction of sp³-hybridized carbons (Fsp3) is 0.125. The van der Waals surface area contributed by atoms with E-state index in [0.717, 1.165) is 11.1 Å². The van der Waals surface area contributed by atoms with E-state index >= 15 is 0 Å². The third-order valence-electron chi connectivity index (χ3n) is 1.10. The number of hydrogen-bond acceptors (Lipinski definition) is 2. The number of rotatable bonds is 1. The van der Waals surface area contributed by atoms with Crippen molar-refractivity contribution in [2.75, 3.05) is 0 Å². The summed E-state index contributed by atoms with van der Waals surface area (Å²) in [6.07, 6.45) is 1.87. The molecule has 0 aliphatic rings. The van der Waals surface area contributed by atoms with Gasteiger partial charge in [-0.3, -0.25) is 0 Å². The molecular weight excluding hydrogens is 142 g/mol. The molecule has 0 atom stereocenters. The van der Waals surface area contributed by atoms with E-state index in [1.54, 1.807) is 18.3 Å². The van der Waals surface area contributed by atoms with Crippen molar-refractivity contribution < 1.29 is 0 Å². The van der Waals surface area contributed by atoms with Gasteiger partial charge in [-0.2, -0.15) is 16.6 Å². The first-order valence-electron chi connectivity index (χ1n) is 2.93. The van der Waals surface area contributed by atoms with E-state index in [1.165, 1.54) is 0 Å². The molecule has 0 unspecified atom stereocenters. The molecule has 1 nitrogen and oxygen atoms in total. The summed E-state index contributed by atoms with van der Waals surface area (Å²) in [6.45, 7) is 1.80. The highest BCUT2D eigenvalue weighted by Crippen LogP contribution is 2.09. The van der Waals surface area contributed by atoms with Gasteiger partial charge in [0.15, 0.2) is 0 Å². The molecule has 1 heterocycles. The van der Waals surface area contributed by atoms with E-state index in [0.29, 0.717) is 0 Å². The van der Waals surface area contributed by atoms with Crippen molar-refractivity contribution in [1.29, 1.82) is 5.26 Å². The molecule has 1 aromatic rings. The van der Waals surface area contributed by atoms with Crippen molar-refractivity contribution in [3.63, 3.8) is 0 Å². The van der Waals surface area contributed by atoms with Crippen LogP contribution in [-0.2, 0) is 0 Å². The van der Waals surface area contributed by atoms with Crippen LogP contribution in [0.2, 0.25) is 0 Å². The number of nitrogens with zero attached hydrogens (tertiary/aromatic N) is 1. The van der Waals surface area contributed by atoms with Crippen LogP contribution in [0.15, 0.2) is 22.4 Å². The standard InChI is InChI=1S/C8H7NS/c1-7(5-9)4-8-2-3-10-6-8/h2-4,6H,1H3/b7-4-. The van der Waals surface area contributed by atoms with Gasteiger partial charge in [0.1, 0.15) is 0 Å². The maximum atomic E-state index is 8.42. The van der Waals surface area contributed by atoms with Crippen LogP contribution in [0.5, 0.6) is 0 Å². The lowest BCUT2D eigenvalue weighted by Gasteiger charge is -1.82. The summed E-state index contributed by atoms with van der Waals surface area (Å²) >= 11 is 1.64. The van der Waals surface area contributed by atoms with Crippen LogP contribution in [0.25, 0.3) is 6.08 Å². The van der Waals surface area contributed by atoms with Gasteiger partial charge in [-0.15, -0.1) is 0 Å². The number of allylic oxidation sites excluding steroid dienone is 1. The minimum atomic E-state index is 0.749. The Kier molecular flexibility index (Phi) is 2.24. The zero-order chi connectivity index (χ0) is 7.40. The molecule has 0 saturated heterocycles. The van der Waals surface area contributed by atoms with Gasteiger partial charge in [-0.25, -0.2) is 0 Å². The quantitative estimate of drug-likeness (QED) is 0.563. The van der Waals surface area contributed by atoms with Gasteiger partial charge in [0.2, 0.25) is 0 Å². The average molecular weight is 149 g/mol. The Balaban J connectivity index is 2.83. The molecule has 0 spiro atoms. The first kappa shape index (κ1) is 7.04. The Bertz CT molecular complexity index is 264. The molecule has 50 valence electrons. The molecule has 1 aromatic heterocycles. The van der Waals surface area contributed by atoms with Gasteiger partial charge < -0.3 is 0 Å². The normalized spacial score (nSPS) is 11.0. The Morgan fingerprint density at radius 3 is 3.10 bits per heavy atom. The SMILES string of the molecule is C/C(C#N)=C/c1ccsc1. The molecule has 0 bridgehead atoms. The molecule has 0 N–H and O–H groups in total. The summed E-state index contributed by atoms with van der Waals surface area (Å²) < 4.78 is 0. The van der Waals surface area contributed by atoms with Crippen LogP contribution in [0.3, 0.4) is 0 Å². The summed E-state index contributed by atoms with van der Waals surface area (Å²) in [7, 11) is 0. The van der Waals surface area contributed by atoms with Crippen LogP contribution in [0.4, 0.5) is 0 Å². The monoisotopic (exact) mass is 149 g/mol. The van der Waals surface area contributed by atoms with Crippen LogP contribution in [0.1, 0.15) is 12.5 Å². The highest BCUT2D eigenvalue weighted by atomic mass is 32.1. The Labute approximate surface area is 64.2 Å². The fourth-order valence-electron chi connectivity index (χ4n) is 0.639. The smallest absolute Gasteiger partial charge is 0.0944 e. The second-order valence-corrected chi connectivity index (χ2v) is 2.78. The van der Waals surface area contributed by atoms with Crippen molar-refractivity contribution in [3.8, 4) is 6.07 Å². The molecule has 0 aliphatic heterocycles. The zero-order valence-electron chi connectivity index (χ0n) is 5.66. The molecule has 1 rings (SSSR count). The Morgan fingerprint density at radius 1 is 1.80 bits per heavy atom. The average Bonchev–Trinajstić information content (AvgIpc) is 2.40. The molecular formula is C8H7NS. The van der Waals surface area contributed by atoms with E-state index in [4.69, 9.17) is 5.26 Å². The van der Waals surface area contributed by atoms with E-state index in [-0.39, 0.29) is 0 Å². The maximum absolute atomic E-state index is 8.42. The van der Waals surface area contributed by atoms with Gasteiger partial charge in [0, 0.05) is 5.57 Å². The predicted octanol–water partition coefficient (Wildman–Crippen LogP) is 2.67. The first-order chi connectivity index (χ1) is 4.83. The largest absolute Gasteiger partial charge is 0.193 e. The maximum Gasteiger partial charge on any atom is 0.0944 e. The predicted molar refractivity (Wildman–Crippen MR) is 43.6 cm³/mol. The van der Waals surface area contributed by atoms with Gasteiger partial charge in [0.25, 0.3) is 0 Å². The number of hydrogen-bond donors (Lipinski definition) is 0. The van der Waals surface area contributed by atoms with Crippen LogP contribution < -0.4 is 0 Å². The topological polar surface area (TPSA) is 23.8 Å². The van der Waals surface area contributed by atoms with Crippen molar-refractivity contribution in [2.24, 2.45) is 0 Å². The highest BCUT2D eigenvalue weighted by molar-refractivity contribution is 7.08. The van der Waals surface area contributed by atoms with Crippen LogP contribution >= 0.6 is 11.3 Å². The molecule has 0 amide bonds. The summed E-state index contributed by atoms with van der Waals surface area (Å²) in [6, 6.07) is 4.06. The highest BCUT2D eigenvalue weighted by Gasteiger charge is 1.87. The zero-order valence-corrected chi connectivity index (χ0v) is 6.48. The minimum Gasteiger partial charge on any atom is -0.193 e. The fourth-order valence-corrected chi connectivity index (χ4v) is 1.26.